The Labute approximate surface area is 172 Å². The number of anilines is 1. The average Bonchev–Trinajstić information content (AvgIpc) is 3.04. The lowest BCUT2D eigenvalue weighted by Crippen LogP contribution is -2.34. The maximum atomic E-state index is 12.7. The summed E-state index contributed by atoms with van der Waals surface area (Å²) in [5.41, 5.74) is 7.72. The van der Waals surface area contributed by atoms with Crippen molar-refractivity contribution in [2.45, 2.75) is 26.3 Å². The third-order valence-corrected chi connectivity index (χ3v) is 6.31. The fraction of sp³-hybridized carbons (Fsp3) is 0.227. The molecule has 0 bridgehead atoms. The smallest absolute Gasteiger partial charge is 0.251 e. The molecule has 4 rings (SSSR count). The Morgan fingerprint density at radius 2 is 1.90 bits per heavy atom. The second-order valence-electron chi connectivity index (χ2n) is 7.17. The number of thiophene rings is 1. The van der Waals surface area contributed by atoms with E-state index in [0.717, 1.165) is 26.8 Å². The first-order chi connectivity index (χ1) is 13.9. The predicted octanol–water partition coefficient (Wildman–Crippen LogP) is 3.09. The second kappa shape index (κ2) is 7.67. The molecular formula is C22H21N3O3S. The minimum absolute atomic E-state index is 0.00781. The van der Waals surface area contributed by atoms with E-state index in [4.69, 9.17) is 5.73 Å². The number of rotatable bonds is 4. The van der Waals surface area contributed by atoms with Crippen LogP contribution in [0.15, 0.2) is 42.5 Å². The Hall–Kier alpha value is -3.19. The highest BCUT2D eigenvalue weighted by Crippen LogP contribution is 2.37. The van der Waals surface area contributed by atoms with Crippen molar-refractivity contribution in [3.63, 3.8) is 0 Å². The first-order valence-electron chi connectivity index (χ1n) is 9.39. The van der Waals surface area contributed by atoms with Gasteiger partial charge in [-0.1, -0.05) is 42.5 Å². The van der Waals surface area contributed by atoms with E-state index in [9.17, 15) is 14.4 Å². The molecule has 6 nitrogen and oxygen atoms in total. The van der Waals surface area contributed by atoms with Crippen LogP contribution in [0.5, 0.6) is 0 Å². The average molecular weight is 407 g/mol. The van der Waals surface area contributed by atoms with Crippen molar-refractivity contribution in [3.8, 4) is 0 Å². The summed E-state index contributed by atoms with van der Waals surface area (Å²) in [7, 11) is 0. The first-order valence-corrected chi connectivity index (χ1v) is 10.2. The molecule has 2 heterocycles. The standard InChI is InChI=1S/C22H21N3O3S/c1-13(26)25-9-8-17-18(12-25)29-22(20(17)21(23)28)24-19(27)11-14-6-7-15-4-2-3-5-16(15)10-14/h2-7,10H,8-9,11-12H2,1H3,(H2,23,28)(H,24,27). The van der Waals surface area contributed by atoms with Gasteiger partial charge in [-0.05, 0) is 28.3 Å². The van der Waals surface area contributed by atoms with Gasteiger partial charge >= 0.3 is 0 Å². The molecule has 0 fully saturated rings. The van der Waals surface area contributed by atoms with Gasteiger partial charge in [-0.25, -0.2) is 0 Å². The van der Waals surface area contributed by atoms with Gasteiger partial charge in [0, 0.05) is 18.3 Å². The highest BCUT2D eigenvalue weighted by atomic mass is 32.1. The molecule has 3 amide bonds. The molecule has 3 aromatic rings. The van der Waals surface area contributed by atoms with Gasteiger partial charge in [0.2, 0.25) is 11.8 Å². The predicted molar refractivity (Wildman–Crippen MR) is 114 cm³/mol. The van der Waals surface area contributed by atoms with Crippen LogP contribution in [0.2, 0.25) is 0 Å². The molecule has 0 radical (unpaired) electrons. The summed E-state index contributed by atoms with van der Waals surface area (Å²) < 4.78 is 0. The largest absolute Gasteiger partial charge is 0.365 e. The molecule has 0 atom stereocenters. The lowest BCUT2D eigenvalue weighted by Gasteiger charge is -2.25. The maximum absolute atomic E-state index is 12.7. The number of nitrogens with zero attached hydrogens (tertiary/aromatic N) is 1. The summed E-state index contributed by atoms with van der Waals surface area (Å²) in [4.78, 5) is 39.0. The van der Waals surface area contributed by atoms with Crippen LogP contribution in [-0.2, 0) is 29.0 Å². The van der Waals surface area contributed by atoms with E-state index >= 15 is 0 Å². The third kappa shape index (κ3) is 3.86. The zero-order valence-corrected chi connectivity index (χ0v) is 16.8. The normalized spacial score (nSPS) is 13.2. The Morgan fingerprint density at radius 3 is 2.62 bits per heavy atom. The molecule has 3 N–H and O–H groups in total. The maximum Gasteiger partial charge on any atom is 0.251 e. The molecule has 148 valence electrons. The molecule has 1 aromatic heterocycles. The van der Waals surface area contributed by atoms with Crippen LogP contribution in [0.4, 0.5) is 5.00 Å². The number of carbonyl (C=O) groups is 3. The van der Waals surface area contributed by atoms with Crippen molar-refractivity contribution in [2.75, 3.05) is 11.9 Å². The van der Waals surface area contributed by atoms with Gasteiger partial charge in [-0.15, -0.1) is 11.3 Å². The lowest BCUT2D eigenvalue weighted by molar-refractivity contribution is -0.129. The van der Waals surface area contributed by atoms with Gasteiger partial charge in [0.05, 0.1) is 18.5 Å². The highest BCUT2D eigenvalue weighted by Gasteiger charge is 2.28. The number of hydrogen-bond donors (Lipinski definition) is 2. The van der Waals surface area contributed by atoms with Crippen molar-refractivity contribution in [1.82, 2.24) is 4.90 Å². The van der Waals surface area contributed by atoms with Crippen LogP contribution in [-0.4, -0.2) is 29.2 Å². The molecule has 0 unspecified atom stereocenters. The number of benzene rings is 2. The summed E-state index contributed by atoms with van der Waals surface area (Å²) in [5.74, 6) is -0.767. The highest BCUT2D eigenvalue weighted by molar-refractivity contribution is 7.17. The lowest BCUT2D eigenvalue weighted by atomic mass is 10.0. The van der Waals surface area contributed by atoms with E-state index < -0.39 is 5.91 Å². The van der Waals surface area contributed by atoms with Crippen molar-refractivity contribution in [1.29, 1.82) is 0 Å². The van der Waals surface area contributed by atoms with E-state index in [1.54, 1.807) is 4.90 Å². The van der Waals surface area contributed by atoms with Crippen molar-refractivity contribution in [3.05, 3.63) is 64.0 Å². The summed E-state index contributed by atoms with van der Waals surface area (Å²) in [6.45, 7) is 2.51. The molecule has 29 heavy (non-hydrogen) atoms. The fourth-order valence-corrected chi connectivity index (χ4v) is 5.01. The fourth-order valence-electron chi connectivity index (χ4n) is 3.73. The Kier molecular flexibility index (Phi) is 5.07. The van der Waals surface area contributed by atoms with Gasteiger partial charge < -0.3 is 16.0 Å². The van der Waals surface area contributed by atoms with Crippen molar-refractivity contribution < 1.29 is 14.4 Å². The summed E-state index contributed by atoms with van der Waals surface area (Å²) in [6, 6.07) is 13.9. The van der Waals surface area contributed by atoms with E-state index in [-0.39, 0.29) is 18.2 Å². The molecule has 7 heteroatoms. The van der Waals surface area contributed by atoms with Gasteiger partial charge in [-0.2, -0.15) is 0 Å². The molecule has 0 spiro atoms. The van der Waals surface area contributed by atoms with Crippen LogP contribution < -0.4 is 11.1 Å². The van der Waals surface area contributed by atoms with Crippen LogP contribution >= 0.6 is 11.3 Å². The molecule has 1 aliphatic rings. The minimum Gasteiger partial charge on any atom is -0.365 e. The number of carbonyl (C=O) groups excluding carboxylic acids is 3. The summed E-state index contributed by atoms with van der Waals surface area (Å²) in [6.07, 6.45) is 0.759. The first kappa shape index (κ1) is 19.1. The quantitative estimate of drug-likeness (QED) is 0.696. The molecular weight excluding hydrogens is 386 g/mol. The molecule has 1 aliphatic heterocycles. The van der Waals surface area contributed by atoms with Crippen LogP contribution in [0.1, 0.15) is 33.3 Å². The van der Waals surface area contributed by atoms with Crippen molar-refractivity contribution >= 4 is 44.8 Å². The molecule has 0 saturated carbocycles. The number of nitrogens with two attached hydrogens (primary N) is 1. The zero-order valence-electron chi connectivity index (χ0n) is 16.0. The van der Waals surface area contributed by atoms with Gasteiger partial charge in [0.1, 0.15) is 5.00 Å². The van der Waals surface area contributed by atoms with Crippen LogP contribution in [0, 0.1) is 0 Å². The topological polar surface area (TPSA) is 92.5 Å². The molecule has 2 aromatic carbocycles. The Bertz CT molecular complexity index is 1140. The van der Waals surface area contributed by atoms with Crippen LogP contribution in [0.3, 0.4) is 0 Å². The van der Waals surface area contributed by atoms with E-state index in [0.29, 0.717) is 30.1 Å². The second-order valence-corrected chi connectivity index (χ2v) is 8.27. The van der Waals surface area contributed by atoms with E-state index in [2.05, 4.69) is 5.32 Å². The Balaban J connectivity index is 1.56. The number of fused-ring (bicyclic) bond motifs is 2. The van der Waals surface area contributed by atoms with E-state index in [1.807, 2.05) is 42.5 Å². The monoisotopic (exact) mass is 407 g/mol. The number of amides is 3. The zero-order chi connectivity index (χ0) is 20.5. The number of nitrogens with one attached hydrogen (secondary N) is 1. The van der Waals surface area contributed by atoms with Gasteiger partial charge in [-0.3, -0.25) is 14.4 Å². The Morgan fingerprint density at radius 1 is 1.14 bits per heavy atom. The number of hydrogen-bond acceptors (Lipinski definition) is 4. The molecule has 0 aliphatic carbocycles. The molecule has 0 saturated heterocycles. The SMILES string of the molecule is CC(=O)N1CCc2c(sc(NC(=O)Cc3ccc4ccccc4c3)c2C(N)=O)C1. The third-order valence-electron chi connectivity index (χ3n) is 5.18. The van der Waals surface area contributed by atoms with Crippen molar-refractivity contribution in [2.24, 2.45) is 5.73 Å². The van der Waals surface area contributed by atoms with Gasteiger partial charge in [0.15, 0.2) is 0 Å². The summed E-state index contributed by atoms with van der Waals surface area (Å²) in [5, 5.41) is 5.53. The minimum atomic E-state index is -0.556. The van der Waals surface area contributed by atoms with Gasteiger partial charge in [0.25, 0.3) is 5.91 Å². The van der Waals surface area contributed by atoms with E-state index in [1.165, 1.54) is 18.3 Å². The van der Waals surface area contributed by atoms with Crippen LogP contribution in [0.25, 0.3) is 10.8 Å². The summed E-state index contributed by atoms with van der Waals surface area (Å²) >= 11 is 1.33. The number of primary amides is 1.